The van der Waals surface area contributed by atoms with Crippen molar-refractivity contribution in [3.8, 4) is 0 Å². The standard InChI is InChI=1S/C20H24N8/c1-11-16(12(2)26-25-11)9-21-19-15-7-5-6-8-18(15)23-20(24-19)22-10-17-13(3)27-28-14(17)4/h5-8H,9-10H2,1-4H3,(H,25,26)(H,27,28)(H2,21,22,23,24). The predicted molar refractivity (Wildman–Crippen MR) is 110 cm³/mol. The summed E-state index contributed by atoms with van der Waals surface area (Å²) >= 11 is 0. The Morgan fingerprint density at radius 3 is 2.00 bits per heavy atom. The maximum atomic E-state index is 4.72. The minimum atomic E-state index is 0.585. The summed E-state index contributed by atoms with van der Waals surface area (Å²) < 4.78 is 0. The average molecular weight is 376 g/mol. The number of nitrogens with zero attached hydrogens (tertiary/aromatic N) is 4. The molecule has 8 heteroatoms. The first-order valence-corrected chi connectivity index (χ1v) is 9.28. The lowest BCUT2D eigenvalue weighted by Gasteiger charge is -2.12. The van der Waals surface area contributed by atoms with Crippen molar-refractivity contribution in [1.82, 2.24) is 30.4 Å². The molecule has 4 rings (SSSR count). The number of aryl methyl sites for hydroxylation is 4. The van der Waals surface area contributed by atoms with Crippen LogP contribution in [0.2, 0.25) is 0 Å². The number of rotatable bonds is 6. The average Bonchev–Trinajstić information content (AvgIpc) is 3.19. The Bertz CT molecular complexity index is 1090. The summed E-state index contributed by atoms with van der Waals surface area (Å²) in [6.45, 7) is 9.30. The second-order valence-corrected chi connectivity index (χ2v) is 6.95. The van der Waals surface area contributed by atoms with E-state index in [1.807, 2.05) is 52.0 Å². The highest BCUT2D eigenvalue weighted by atomic mass is 15.2. The minimum absolute atomic E-state index is 0.585. The van der Waals surface area contributed by atoms with E-state index in [-0.39, 0.29) is 0 Å². The van der Waals surface area contributed by atoms with Crippen LogP contribution >= 0.6 is 0 Å². The highest BCUT2D eigenvalue weighted by Gasteiger charge is 2.12. The van der Waals surface area contributed by atoms with Gasteiger partial charge in [0.05, 0.1) is 16.9 Å². The molecule has 1 aromatic carbocycles. The molecule has 0 atom stereocenters. The normalized spacial score (nSPS) is 11.1. The lowest BCUT2D eigenvalue weighted by Crippen LogP contribution is -2.09. The number of para-hydroxylation sites is 1. The maximum Gasteiger partial charge on any atom is 0.225 e. The van der Waals surface area contributed by atoms with Gasteiger partial charge >= 0.3 is 0 Å². The molecule has 0 saturated carbocycles. The molecule has 0 spiro atoms. The van der Waals surface area contributed by atoms with Crippen LogP contribution in [0, 0.1) is 27.7 Å². The molecule has 3 heterocycles. The van der Waals surface area contributed by atoms with Crippen molar-refractivity contribution in [3.05, 3.63) is 58.2 Å². The molecule has 0 aliphatic carbocycles. The fourth-order valence-corrected chi connectivity index (χ4v) is 3.30. The Morgan fingerprint density at radius 1 is 0.786 bits per heavy atom. The SMILES string of the molecule is Cc1n[nH]c(C)c1CNc1nc(NCc2c(C)n[nH]c2C)c2ccccc2n1. The fraction of sp³-hybridized carbons (Fsp3) is 0.300. The number of hydrogen-bond acceptors (Lipinski definition) is 6. The molecular weight excluding hydrogens is 352 g/mol. The van der Waals surface area contributed by atoms with Crippen LogP contribution < -0.4 is 10.6 Å². The quantitative estimate of drug-likeness (QED) is 0.410. The molecule has 8 nitrogen and oxygen atoms in total. The Morgan fingerprint density at radius 2 is 1.39 bits per heavy atom. The molecule has 4 N–H and O–H groups in total. The summed E-state index contributed by atoms with van der Waals surface area (Å²) in [6.07, 6.45) is 0. The molecule has 0 aliphatic rings. The highest BCUT2D eigenvalue weighted by Crippen LogP contribution is 2.23. The first-order valence-electron chi connectivity index (χ1n) is 9.28. The smallest absolute Gasteiger partial charge is 0.225 e. The van der Waals surface area contributed by atoms with E-state index >= 15 is 0 Å². The number of nitrogens with one attached hydrogen (secondary N) is 4. The van der Waals surface area contributed by atoms with Gasteiger partial charge in [0, 0.05) is 41.0 Å². The summed E-state index contributed by atoms with van der Waals surface area (Å²) in [5.41, 5.74) is 7.27. The van der Waals surface area contributed by atoms with Crippen LogP contribution in [-0.4, -0.2) is 30.4 Å². The van der Waals surface area contributed by atoms with E-state index < -0.39 is 0 Å². The van der Waals surface area contributed by atoms with Gasteiger partial charge in [-0.15, -0.1) is 0 Å². The maximum absolute atomic E-state index is 4.72. The number of fused-ring (bicyclic) bond motifs is 1. The summed E-state index contributed by atoms with van der Waals surface area (Å²) in [7, 11) is 0. The Labute approximate surface area is 163 Å². The van der Waals surface area contributed by atoms with E-state index in [4.69, 9.17) is 4.98 Å². The van der Waals surface area contributed by atoms with Gasteiger partial charge in [0.15, 0.2) is 0 Å². The monoisotopic (exact) mass is 376 g/mol. The third-order valence-corrected chi connectivity index (χ3v) is 5.02. The number of hydrogen-bond donors (Lipinski definition) is 4. The Hall–Kier alpha value is -3.42. The zero-order chi connectivity index (χ0) is 19.7. The van der Waals surface area contributed by atoms with E-state index in [0.717, 1.165) is 50.6 Å². The minimum Gasteiger partial charge on any atom is -0.365 e. The van der Waals surface area contributed by atoms with Crippen molar-refractivity contribution in [1.29, 1.82) is 0 Å². The number of benzene rings is 1. The first-order chi connectivity index (χ1) is 13.5. The predicted octanol–water partition coefficient (Wildman–Crippen LogP) is 3.53. The Kier molecular flexibility index (Phi) is 4.68. The second-order valence-electron chi connectivity index (χ2n) is 6.95. The van der Waals surface area contributed by atoms with Crippen LogP contribution in [-0.2, 0) is 13.1 Å². The lowest BCUT2D eigenvalue weighted by atomic mass is 10.2. The zero-order valence-electron chi connectivity index (χ0n) is 16.5. The molecule has 28 heavy (non-hydrogen) atoms. The molecule has 0 unspecified atom stereocenters. The molecule has 144 valence electrons. The van der Waals surface area contributed by atoms with Crippen LogP contribution in [0.15, 0.2) is 24.3 Å². The number of anilines is 2. The lowest BCUT2D eigenvalue weighted by molar-refractivity contribution is 1.02. The van der Waals surface area contributed by atoms with Crippen molar-refractivity contribution in [2.45, 2.75) is 40.8 Å². The highest BCUT2D eigenvalue weighted by molar-refractivity contribution is 5.90. The van der Waals surface area contributed by atoms with E-state index in [9.17, 15) is 0 Å². The molecular formula is C20H24N8. The van der Waals surface area contributed by atoms with Crippen molar-refractivity contribution in [2.24, 2.45) is 0 Å². The van der Waals surface area contributed by atoms with Crippen LogP contribution in [0.4, 0.5) is 11.8 Å². The summed E-state index contributed by atoms with van der Waals surface area (Å²) in [6, 6.07) is 8.01. The van der Waals surface area contributed by atoms with Crippen LogP contribution in [0.25, 0.3) is 10.9 Å². The molecule has 0 aliphatic heterocycles. The molecule has 0 bridgehead atoms. The van der Waals surface area contributed by atoms with Crippen molar-refractivity contribution in [2.75, 3.05) is 10.6 Å². The van der Waals surface area contributed by atoms with Crippen molar-refractivity contribution < 1.29 is 0 Å². The molecule has 3 aromatic heterocycles. The van der Waals surface area contributed by atoms with Gasteiger partial charge in [-0.05, 0) is 39.8 Å². The second kappa shape index (κ2) is 7.30. The van der Waals surface area contributed by atoms with E-state index in [1.54, 1.807) is 0 Å². The van der Waals surface area contributed by atoms with Gasteiger partial charge in [-0.25, -0.2) is 4.98 Å². The number of aromatic nitrogens is 6. The molecule has 0 fully saturated rings. The summed E-state index contributed by atoms with van der Waals surface area (Å²) in [4.78, 5) is 9.39. The fourth-order valence-electron chi connectivity index (χ4n) is 3.30. The molecule has 0 saturated heterocycles. The Balaban J connectivity index is 1.61. The van der Waals surface area contributed by atoms with E-state index in [0.29, 0.717) is 19.0 Å². The van der Waals surface area contributed by atoms with Gasteiger partial charge in [0.1, 0.15) is 5.82 Å². The molecule has 0 amide bonds. The third kappa shape index (κ3) is 3.40. The largest absolute Gasteiger partial charge is 0.365 e. The zero-order valence-corrected chi connectivity index (χ0v) is 16.5. The summed E-state index contributed by atoms with van der Waals surface area (Å²) in [5.74, 6) is 1.38. The van der Waals surface area contributed by atoms with E-state index in [2.05, 4.69) is 36.0 Å². The van der Waals surface area contributed by atoms with Crippen molar-refractivity contribution >= 4 is 22.7 Å². The van der Waals surface area contributed by atoms with Gasteiger partial charge in [-0.2, -0.15) is 15.2 Å². The van der Waals surface area contributed by atoms with Gasteiger partial charge in [-0.3, -0.25) is 10.2 Å². The third-order valence-electron chi connectivity index (χ3n) is 5.02. The van der Waals surface area contributed by atoms with Crippen molar-refractivity contribution in [3.63, 3.8) is 0 Å². The van der Waals surface area contributed by atoms with Gasteiger partial charge in [-0.1, -0.05) is 12.1 Å². The molecule has 0 radical (unpaired) electrons. The number of aromatic amines is 2. The number of H-pyrrole nitrogens is 2. The van der Waals surface area contributed by atoms with Gasteiger partial charge < -0.3 is 10.6 Å². The molecule has 4 aromatic rings. The van der Waals surface area contributed by atoms with Crippen LogP contribution in [0.5, 0.6) is 0 Å². The first kappa shape index (κ1) is 18.0. The summed E-state index contributed by atoms with van der Waals surface area (Å²) in [5, 5.41) is 22.3. The topological polar surface area (TPSA) is 107 Å². The van der Waals surface area contributed by atoms with E-state index in [1.165, 1.54) is 0 Å². The van der Waals surface area contributed by atoms with Crippen LogP contribution in [0.1, 0.15) is 33.9 Å². The van der Waals surface area contributed by atoms with Gasteiger partial charge in [0.2, 0.25) is 5.95 Å². The van der Waals surface area contributed by atoms with Crippen LogP contribution in [0.3, 0.4) is 0 Å². The van der Waals surface area contributed by atoms with Gasteiger partial charge in [0.25, 0.3) is 0 Å².